The fourth-order valence-electron chi connectivity index (χ4n) is 2.16. The van der Waals surface area contributed by atoms with E-state index in [0.29, 0.717) is 17.6 Å². The molecule has 0 radical (unpaired) electrons. The molecule has 0 spiro atoms. The first-order valence-electron chi connectivity index (χ1n) is 7.09. The van der Waals surface area contributed by atoms with Crippen molar-refractivity contribution in [2.75, 3.05) is 14.2 Å². The van der Waals surface area contributed by atoms with Crippen LogP contribution in [-0.2, 0) is 0 Å². The van der Waals surface area contributed by atoms with Crippen LogP contribution in [0, 0.1) is 5.92 Å². The minimum absolute atomic E-state index is 0.0618. The molecule has 2 heterocycles. The van der Waals surface area contributed by atoms with E-state index in [1.54, 1.807) is 18.5 Å². The van der Waals surface area contributed by atoms with Crippen LogP contribution in [-0.4, -0.2) is 39.6 Å². The van der Waals surface area contributed by atoms with Gasteiger partial charge in [0.15, 0.2) is 0 Å². The number of rotatable bonds is 6. The predicted molar refractivity (Wildman–Crippen MR) is 80.2 cm³/mol. The van der Waals surface area contributed by atoms with Gasteiger partial charge < -0.3 is 9.47 Å². The molecule has 0 amide bonds. The number of carbonyl (C=O) groups excluding carboxylic acids is 1. The van der Waals surface area contributed by atoms with Crippen LogP contribution in [0.25, 0.3) is 0 Å². The number of imidazole rings is 1. The summed E-state index contributed by atoms with van der Waals surface area (Å²) in [6.07, 6.45) is 5.48. The summed E-state index contributed by atoms with van der Waals surface area (Å²) in [6, 6.07) is 1.58. The lowest BCUT2D eigenvalue weighted by atomic mass is 9.90. The van der Waals surface area contributed by atoms with Gasteiger partial charge in [-0.15, -0.1) is 0 Å². The minimum Gasteiger partial charge on any atom is -0.481 e. The molecular weight excluding hydrogens is 284 g/mol. The maximum atomic E-state index is 12.8. The van der Waals surface area contributed by atoms with E-state index < -0.39 is 5.92 Å². The van der Waals surface area contributed by atoms with Crippen molar-refractivity contribution in [1.82, 2.24) is 19.5 Å². The lowest BCUT2D eigenvalue weighted by Gasteiger charge is -2.21. The average molecular weight is 304 g/mol. The maximum absolute atomic E-state index is 12.8. The highest BCUT2D eigenvalue weighted by Gasteiger charge is 2.30. The van der Waals surface area contributed by atoms with Gasteiger partial charge in [-0.1, -0.05) is 20.3 Å². The third-order valence-corrected chi connectivity index (χ3v) is 3.63. The van der Waals surface area contributed by atoms with Crippen molar-refractivity contribution in [2.45, 2.75) is 26.2 Å². The Kier molecular flexibility index (Phi) is 5.08. The fraction of sp³-hybridized carbons (Fsp3) is 0.467. The van der Waals surface area contributed by atoms with E-state index >= 15 is 0 Å². The minimum atomic E-state index is -0.497. The van der Waals surface area contributed by atoms with Gasteiger partial charge in [0.25, 0.3) is 0 Å². The van der Waals surface area contributed by atoms with Crippen LogP contribution in [0.1, 0.15) is 36.8 Å². The Morgan fingerprint density at radius 1 is 1.27 bits per heavy atom. The smallest absolute Gasteiger partial charge is 0.242 e. The van der Waals surface area contributed by atoms with Crippen LogP contribution < -0.4 is 9.47 Å². The molecule has 118 valence electrons. The van der Waals surface area contributed by atoms with E-state index in [1.807, 2.05) is 13.8 Å². The summed E-state index contributed by atoms with van der Waals surface area (Å²) >= 11 is 0. The molecule has 2 atom stereocenters. The van der Waals surface area contributed by atoms with Gasteiger partial charge in [-0.3, -0.25) is 9.36 Å². The van der Waals surface area contributed by atoms with E-state index in [0.717, 1.165) is 6.42 Å². The van der Waals surface area contributed by atoms with Gasteiger partial charge >= 0.3 is 0 Å². The second-order valence-electron chi connectivity index (χ2n) is 4.98. The van der Waals surface area contributed by atoms with E-state index in [9.17, 15) is 4.79 Å². The molecule has 2 aromatic heterocycles. The van der Waals surface area contributed by atoms with Crippen molar-refractivity contribution in [3.63, 3.8) is 0 Å². The zero-order chi connectivity index (χ0) is 16.1. The highest BCUT2D eigenvalue weighted by atomic mass is 16.5. The number of ether oxygens (including phenoxy) is 2. The lowest BCUT2D eigenvalue weighted by molar-refractivity contribution is 0.0841. The van der Waals surface area contributed by atoms with Crippen molar-refractivity contribution in [2.24, 2.45) is 5.92 Å². The maximum Gasteiger partial charge on any atom is 0.242 e. The monoisotopic (exact) mass is 304 g/mol. The summed E-state index contributed by atoms with van der Waals surface area (Å²) in [5.74, 6) is 0.573. The van der Waals surface area contributed by atoms with E-state index in [4.69, 9.17) is 9.47 Å². The Morgan fingerprint density at radius 2 is 1.91 bits per heavy atom. The number of nitrogens with zero attached hydrogens (tertiary/aromatic N) is 4. The summed E-state index contributed by atoms with van der Waals surface area (Å²) < 4.78 is 11.8. The summed E-state index contributed by atoms with van der Waals surface area (Å²) in [6.45, 7) is 4.02. The first-order valence-corrected chi connectivity index (χ1v) is 7.09. The topological polar surface area (TPSA) is 79.1 Å². The van der Waals surface area contributed by atoms with Crippen LogP contribution in [0.5, 0.6) is 11.8 Å². The van der Waals surface area contributed by atoms with E-state index in [1.165, 1.54) is 25.1 Å². The second-order valence-corrected chi connectivity index (χ2v) is 4.98. The SMILES string of the molecule is CCC(C)C(C(=O)n1ccnc1)c1nc(OC)cc(OC)n1. The molecule has 2 rings (SSSR count). The molecule has 0 saturated heterocycles. The van der Waals surface area contributed by atoms with Crippen LogP contribution in [0.2, 0.25) is 0 Å². The van der Waals surface area contributed by atoms with Gasteiger partial charge in [-0.05, 0) is 5.92 Å². The van der Waals surface area contributed by atoms with Crippen molar-refractivity contribution >= 4 is 5.91 Å². The van der Waals surface area contributed by atoms with Crippen molar-refractivity contribution in [1.29, 1.82) is 0 Å². The van der Waals surface area contributed by atoms with Gasteiger partial charge in [0.1, 0.15) is 18.1 Å². The first-order chi connectivity index (χ1) is 10.6. The molecule has 7 nitrogen and oxygen atoms in total. The number of methoxy groups -OCH3 is 2. The number of aromatic nitrogens is 4. The van der Waals surface area contributed by atoms with E-state index in [-0.39, 0.29) is 11.8 Å². The lowest BCUT2D eigenvalue weighted by Crippen LogP contribution is -2.26. The van der Waals surface area contributed by atoms with Gasteiger partial charge in [0.05, 0.1) is 20.3 Å². The zero-order valence-electron chi connectivity index (χ0n) is 13.2. The highest BCUT2D eigenvalue weighted by molar-refractivity contribution is 5.85. The largest absolute Gasteiger partial charge is 0.481 e. The van der Waals surface area contributed by atoms with Crippen LogP contribution in [0.15, 0.2) is 24.8 Å². The first kappa shape index (κ1) is 15.9. The van der Waals surface area contributed by atoms with E-state index in [2.05, 4.69) is 15.0 Å². The summed E-state index contributed by atoms with van der Waals surface area (Å²) in [4.78, 5) is 25.4. The Morgan fingerprint density at radius 3 is 2.36 bits per heavy atom. The third-order valence-electron chi connectivity index (χ3n) is 3.63. The molecule has 0 aliphatic carbocycles. The Bertz CT molecular complexity index is 605. The Balaban J connectivity index is 2.47. The fourth-order valence-corrected chi connectivity index (χ4v) is 2.16. The van der Waals surface area contributed by atoms with Gasteiger partial charge in [0, 0.05) is 12.4 Å². The number of hydrogen-bond donors (Lipinski definition) is 0. The highest BCUT2D eigenvalue weighted by Crippen LogP contribution is 2.29. The Labute approximate surface area is 129 Å². The Hall–Kier alpha value is -2.44. The van der Waals surface area contributed by atoms with Crippen molar-refractivity contribution in [3.05, 3.63) is 30.6 Å². The summed E-state index contributed by atoms with van der Waals surface area (Å²) in [5, 5.41) is 0. The molecule has 0 aliphatic rings. The van der Waals surface area contributed by atoms with Gasteiger partial charge in [-0.2, -0.15) is 9.97 Å². The molecule has 0 fully saturated rings. The second kappa shape index (κ2) is 7.02. The van der Waals surface area contributed by atoms with Crippen molar-refractivity contribution < 1.29 is 14.3 Å². The molecule has 0 N–H and O–H groups in total. The number of hydrogen-bond acceptors (Lipinski definition) is 6. The normalized spacial score (nSPS) is 13.5. The van der Waals surface area contributed by atoms with Gasteiger partial charge in [-0.25, -0.2) is 4.98 Å². The standard InChI is InChI=1S/C15H20N4O3/c1-5-10(2)13(15(20)19-7-6-16-9-19)14-17-11(21-3)8-12(18-14)22-4/h6-10,13H,5H2,1-4H3. The molecule has 0 aromatic carbocycles. The molecule has 2 aromatic rings. The summed E-state index contributed by atoms with van der Waals surface area (Å²) in [5.41, 5.74) is 0. The van der Waals surface area contributed by atoms with Crippen LogP contribution in [0.4, 0.5) is 0 Å². The third kappa shape index (κ3) is 3.24. The molecule has 2 unspecified atom stereocenters. The van der Waals surface area contributed by atoms with Crippen LogP contribution in [0.3, 0.4) is 0 Å². The summed E-state index contributed by atoms with van der Waals surface area (Å²) in [7, 11) is 3.03. The number of carbonyl (C=O) groups is 1. The zero-order valence-corrected chi connectivity index (χ0v) is 13.2. The van der Waals surface area contributed by atoms with Crippen LogP contribution >= 0.6 is 0 Å². The molecule has 0 aliphatic heterocycles. The molecular formula is C15H20N4O3. The molecule has 0 saturated carbocycles. The molecule has 7 heteroatoms. The predicted octanol–water partition coefficient (Wildman–Crippen LogP) is 2.16. The average Bonchev–Trinajstić information content (AvgIpc) is 3.08. The molecule has 0 bridgehead atoms. The van der Waals surface area contributed by atoms with Gasteiger partial charge in [0.2, 0.25) is 17.7 Å². The van der Waals surface area contributed by atoms with Crippen molar-refractivity contribution in [3.8, 4) is 11.8 Å². The molecule has 22 heavy (non-hydrogen) atoms. The quantitative estimate of drug-likeness (QED) is 0.813.